The van der Waals surface area contributed by atoms with Gasteiger partial charge >= 0.3 is 5.97 Å². The Morgan fingerprint density at radius 3 is 2.60 bits per heavy atom. The van der Waals surface area contributed by atoms with Crippen molar-refractivity contribution in [2.45, 2.75) is 6.04 Å². The molecule has 0 amide bonds. The Morgan fingerprint density at radius 1 is 1.53 bits per heavy atom. The monoisotopic (exact) mass is 231 g/mol. The molecule has 0 radical (unpaired) electrons. The van der Waals surface area contributed by atoms with Gasteiger partial charge in [0, 0.05) is 10.6 Å². The van der Waals surface area contributed by atoms with Gasteiger partial charge < -0.3 is 5.11 Å². The van der Waals surface area contributed by atoms with Gasteiger partial charge in [0.2, 0.25) is 0 Å². The van der Waals surface area contributed by atoms with Crippen molar-refractivity contribution in [1.82, 2.24) is 4.90 Å². The van der Waals surface area contributed by atoms with Crippen LogP contribution in [0.1, 0.15) is 11.6 Å². The zero-order chi connectivity index (χ0) is 11.6. The highest BCUT2D eigenvalue weighted by atomic mass is 35.5. The fourth-order valence-corrected chi connectivity index (χ4v) is 1.54. The smallest absolute Gasteiger partial charge is 0.325 e. The van der Waals surface area contributed by atoms with Crippen molar-refractivity contribution in [2.75, 3.05) is 14.1 Å². The van der Waals surface area contributed by atoms with Gasteiger partial charge in [0.15, 0.2) is 0 Å². The molecule has 0 fully saturated rings. The molecule has 0 aliphatic heterocycles. The number of aliphatic carboxylic acids is 1. The summed E-state index contributed by atoms with van der Waals surface area (Å²) in [7, 11) is 3.14. The van der Waals surface area contributed by atoms with E-state index in [1.54, 1.807) is 14.1 Å². The molecule has 15 heavy (non-hydrogen) atoms. The van der Waals surface area contributed by atoms with Gasteiger partial charge in [-0.3, -0.25) is 9.69 Å². The molecule has 5 heteroatoms. The normalized spacial score (nSPS) is 12.9. The number of halogens is 2. The molecule has 0 saturated heterocycles. The van der Waals surface area contributed by atoms with Crippen LogP contribution in [0.2, 0.25) is 5.02 Å². The summed E-state index contributed by atoms with van der Waals surface area (Å²) in [5.74, 6) is -1.68. The highest BCUT2D eigenvalue weighted by Gasteiger charge is 2.25. The van der Waals surface area contributed by atoms with Crippen LogP contribution in [0.25, 0.3) is 0 Å². The lowest BCUT2D eigenvalue weighted by molar-refractivity contribution is -0.142. The van der Waals surface area contributed by atoms with Crippen molar-refractivity contribution in [1.29, 1.82) is 0 Å². The minimum atomic E-state index is -1.11. The minimum absolute atomic E-state index is 0.0694. The molecule has 1 aromatic carbocycles. The second-order valence-corrected chi connectivity index (χ2v) is 3.81. The predicted molar refractivity (Wildman–Crippen MR) is 55.5 cm³/mol. The molecule has 0 aliphatic carbocycles. The Bertz CT molecular complexity index is 382. The summed E-state index contributed by atoms with van der Waals surface area (Å²) >= 11 is 5.69. The molecule has 1 aromatic rings. The first-order valence-corrected chi connectivity index (χ1v) is 4.65. The maximum atomic E-state index is 13.4. The summed E-state index contributed by atoms with van der Waals surface area (Å²) < 4.78 is 13.4. The number of carbonyl (C=O) groups is 1. The van der Waals surface area contributed by atoms with Crippen LogP contribution in [0.15, 0.2) is 18.2 Å². The average Bonchev–Trinajstić information content (AvgIpc) is 2.10. The predicted octanol–water partition coefficient (Wildman–Crippen LogP) is 2.17. The Kier molecular flexibility index (Phi) is 3.66. The molecule has 0 heterocycles. The molecule has 1 atom stereocenters. The van der Waals surface area contributed by atoms with Crippen LogP contribution in [-0.2, 0) is 4.79 Å². The van der Waals surface area contributed by atoms with Crippen LogP contribution < -0.4 is 0 Å². The standard InChI is InChI=1S/C10H11ClFNO2/c1-13(2)9(10(14)15)7-5-6(11)3-4-8(7)12/h3-5,9H,1-2H3,(H,14,15). The summed E-state index contributed by atoms with van der Waals surface area (Å²) in [6.07, 6.45) is 0. The van der Waals surface area contributed by atoms with Crippen LogP contribution in [0, 0.1) is 5.82 Å². The largest absolute Gasteiger partial charge is 0.480 e. The van der Waals surface area contributed by atoms with E-state index in [2.05, 4.69) is 0 Å². The van der Waals surface area contributed by atoms with Crippen molar-refractivity contribution >= 4 is 17.6 Å². The summed E-state index contributed by atoms with van der Waals surface area (Å²) in [6.45, 7) is 0. The molecule has 1 rings (SSSR count). The summed E-state index contributed by atoms with van der Waals surface area (Å²) in [5, 5.41) is 9.28. The van der Waals surface area contributed by atoms with Crippen molar-refractivity contribution in [3.8, 4) is 0 Å². The summed E-state index contributed by atoms with van der Waals surface area (Å²) in [4.78, 5) is 12.4. The number of hydrogen-bond acceptors (Lipinski definition) is 2. The lowest BCUT2D eigenvalue weighted by Crippen LogP contribution is -2.28. The number of rotatable bonds is 3. The molecular formula is C10H11ClFNO2. The van der Waals surface area contributed by atoms with Gasteiger partial charge in [0.25, 0.3) is 0 Å². The van der Waals surface area contributed by atoms with E-state index >= 15 is 0 Å². The first-order valence-electron chi connectivity index (χ1n) is 4.27. The zero-order valence-electron chi connectivity index (χ0n) is 8.37. The third-order valence-electron chi connectivity index (χ3n) is 2.00. The first kappa shape index (κ1) is 11.9. The van der Waals surface area contributed by atoms with Crippen LogP contribution in [0.4, 0.5) is 4.39 Å². The van der Waals surface area contributed by atoms with Crippen LogP contribution in [0.3, 0.4) is 0 Å². The average molecular weight is 232 g/mol. The Hall–Kier alpha value is -1.13. The topological polar surface area (TPSA) is 40.5 Å². The lowest BCUT2D eigenvalue weighted by atomic mass is 10.1. The Balaban J connectivity index is 3.22. The van der Waals surface area contributed by atoms with E-state index in [0.29, 0.717) is 5.02 Å². The Labute approximate surface area is 92.1 Å². The van der Waals surface area contributed by atoms with E-state index in [1.807, 2.05) is 0 Å². The molecule has 0 spiro atoms. The van der Waals surface area contributed by atoms with Gasteiger partial charge in [-0.05, 0) is 32.3 Å². The van der Waals surface area contributed by atoms with Crippen LogP contribution in [-0.4, -0.2) is 30.1 Å². The van der Waals surface area contributed by atoms with E-state index in [0.717, 1.165) is 6.07 Å². The van der Waals surface area contributed by atoms with Crippen molar-refractivity contribution in [3.63, 3.8) is 0 Å². The van der Waals surface area contributed by atoms with Gasteiger partial charge in [0.1, 0.15) is 11.9 Å². The highest BCUT2D eigenvalue weighted by Crippen LogP contribution is 2.24. The SMILES string of the molecule is CN(C)C(C(=O)O)c1cc(Cl)ccc1F. The van der Waals surface area contributed by atoms with Crippen LogP contribution in [0.5, 0.6) is 0 Å². The number of nitrogens with zero attached hydrogens (tertiary/aromatic N) is 1. The summed E-state index contributed by atoms with van der Waals surface area (Å²) in [6, 6.07) is 2.85. The van der Waals surface area contributed by atoms with E-state index in [-0.39, 0.29) is 5.56 Å². The fourth-order valence-electron chi connectivity index (χ4n) is 1.36. The van der Waals surface area contributed by atoms with E-state index < -0.39 is 17.8 Å². The summed E-state index contributed by atoms with van der Waals surface area (Å²) in [5.41, 5.74) is 0.0694. The second kappa shape index (κ2) is 4.59. The fraction of sp³-hybridized carbons (Fsp3) is 0.300. The second-order valence-electron chi connectivity index (χ2n) is 3.37. The Morgan fingerprint density at radius 2 is 2.13 bits per heavy atom. The molecular weight excluding hydrogens is 221 g/mol. The van der Waals surface area contributed by atoms with Gasteiger partial charge in [-0.1, -0.05) is 11.6 Å². The van der Waals surface area contributed by atoms with Gasteiger partial charge in [-0.25, -0.2) is 4.39 Å². The van der Waals surface area contributed by atoms with Crippen molar-refractivity contribution < 1.29 is 14.3 Å². The number of carboxylic acid groups (broad SMARTS) is 1. The van der Waals surface area contributed by atoms with E-state index in [4.69, 9.17) is 16.7 Å². The van der Waals surface area contributed by atoms with E-state index in [1.165, 1.54) is 17.0 Å². The molecule has 0 aromatic heterocycles. The molecule has 3 nitrogen and oxygen atoms in total. The third kappa shape index (κ3) is 2.67. The van der Waals surface area contributed by atoms with Gasteiger partial charge in [-0.15, -0.1) is 0 Å². The molecule has 1 N–H and O–H groups in total. The molecule has 1 unspecified atom stereocenters. The van der Waals surface area contributed by atoms with Crippen molar-refractivity contribution in [3.05, 3.63) is 34.6 Å². The molecule has 0 bridgehead atoms. The highest BCUT2D eigenvalue weighted by molar-refractivity contribution is 6.30. The van der Waals surface area contributed by atoms with Gasteiger partial charge in [0.05, 0.1) is 0 Å². The zero-order valence-corrected chi connectivity index (χ0v) is 9.12. The third-order valence-corrected chi connectivity index (χ3v) is 2.24. The maximum Gasteiger partial charge on any atom is 0.325 e. The number of hydrogen-bond donors (Lipinski definition) is 1. The minimum Gasteiger partial charge on any atom is -0.480 e. The lowest BCUT2D eigenvalue weighted by Gasteiger charge is -2.20. The number of likely N-dealkylation sites (N-methyl/N-ethyl adjacent to an activating group) is 1. The molecule has 82 valence electrons. The first-order chi connectivity index (χ1) is 6.93. The number of carboxylic acids is 1. The quantitative estimate of drug-likeness (QED) is 0.867. The number of benzene rings is 1. The molecule has 0 aliphatic rings. The maximum absolute atomic E-state index is 13.4. The van der Waals surface area contributed by atoms with Crippen molar-refractivity contribution in [2.24, 2.45) is 0 Å². The molecule has 0 saturated carbocycles. The van der Waals surface area contributed by atoms with E-state index in [9.17, 15) is 9.18 Å². The van der Waals surface area contributed by atoms with Crippen LogP contribution >= 0.6 is 11.6 Å². The van der Waals surface area contributed by atoms with Gasteiger partial charge in [-0.2, -0.15) is 0 Å².